The first kappa shape index (κ1) is 14.5. The van der Waals surface area contributed by atoms with Crippen LogP contribution in [0.3, 0.4) is 0 Å². The number of rotatable bonds is 6. The van der Waals surface area contributed by atoms with Gasteiger partial charge in [0.05, 0.1) is 6.42 Å². The van der Waals surface area contributed by atoms with Crippen LogP contribution in [0.25, 0.3) is 0 Å². The summed E-state index contributed by atoms with van der Waals surface area (Å²) in [6.07, 6.45) is -0.235. The molecule has 1 aromatic rings. The van der Waals surface area contributed by atoms with Gasteiger partial charge in [0.15, 0.2) is 0 Å². The Labute approximate surface area is 106 Å². The lowest BCUT2D eigenvalue weighted by Crippen LogP contribution is -2.38. The maximum absolute atomic E-state index is 11.9. The molecule has 18 heavy (non-hydrogen) atoms. The molecule has 0 fully saturated rings. The first-order chi connectivity index (χ1) is 8.24. The number of aryl methyl sites for hydroxylation is 2. The number of carboxylic acids is 1. The SMILES string of the molecule is Cc1ccc(C)n1NS(=O)(=O)N(C)CCC(=O)O. The predicted octanol–water partition coefficient (Wildman–Crippen LogP) is 0.300. The lowest BCUT2D eigenvalue weighted by Gasteiger charge is -2.19. The minimum absolute atomic E-state index is 0.0793. The quantitative estimate of drug-likeness (QED) is 0.781. The molecule has 0 saturated carbocycles. The summed E-state index contributed by atoms with van der Waals surface area (Å²) in [5, 5.41) is 8.53. The molecule has 2 N–H and O–H groups in total. The Bertz CT molecular complexity index is 516. The first-order valence-electron chi connectivity index (χ1n) is 5.35. The van der Waals surface area contributed by atoms with Crippen LogP contribution in [-0.4, -0.2) is 42.1 Å². The number of carboxylic acid groups (broad SMARTS) is 1. The molecule has 0 radical (unpaired) electrons. The molecule has 0 aliphatic carbocycles. The van der Waals surface area contributed by atoms with Gasteiger partial charge in [0.25, 0.3) is 0 Å². The lowest BCUT2D eigenvalue weighted by molar-refractivity contribution is -0.137. The lowest BCUT2D eigenvalue weighted by atomic mass is 10.4. The van der Waals surface area contributed by atoms with E-state index in [0.29, 0.717) is 0 Å². The zero-order valence-electron chi connectivity index (χ0n) is 10.5. The highest BCUT2D eigenvalue weighted by Crippen LogP contribution is 2.07. The molecule has 0 atom stereocenters. The van der Waals surface area contributed by atoms with Gasteiger partial charge >= 0.3 is 16.2 Å². The Balaban J connectivity index is 2.79. The number of nitrogens with one attached hydrogen (secondary N) is 1. The minimum atomic E-state index is -3.74. The maximum atomic E-state index is 11.9. The van der Waals surface area contributed by atoms with Gasteiger partial charge in [-0.1, -0.05) is 0 Å². The minimum Gasteiger partial charge on any atom is -0.481 e. The van der Waals surface area contributed by atoms with E-state index in [0.717, 1.165) is 15.7 Å². The molecule has 1 heterocycles. The standard InChI is InChI=1S/C10H17N3O4S/c1-8-4-5-9(2)13(8)11-18(16,17)12(3)7-6-10(14)15/h4-5,11H,6-7H2,1-3H3,(H,14,15). The highest BCUT2D eigenvalue weighted by atomic mass is 32.2. The van der Waals surface area contributed by atoms with Gasteiger partial charge in [0.2, 0.25) is 0 Å². The van der Waals surface area contributed by atoms with E-state index in [-0.39, 0.29) is 13.0 Å². The second kappa shape index (κ2) is 5.40. The molecule has 0 unspecified atom stereocenters. The van der Waals surface area contributed by atoms with E-state index >= 15 is 0 Å². The monoisotopic (exact) mass is 275 g/mol. The number of aromatic nitrogens is 1. The van der Waals surface area contributed by atoms with Crippen LogP contribution < -0.4 is 4.83 Å². The van der Waals surface area contributed by atoms with Crippen LogP contribution in [-0.2, 0) is 15.0 Å². The fourth-order valence-corrected chi connectivity index (χ4v) is 2.36. The van der Waals surface area contributed by atoms with Crippen molar-refractivity contribution in [3.63, 3.8) is 0 Å². The molecule has 1 rings (SSSR count). The van der Waals surface area contributed by atoms with Crippen molar-refractivity contribution in [1.29, 1.82) is 0 Å². The first-order valence-corrected chi connectivity index (χ1v) is 6.79. The van der Waals surface area contributed by atoms with Gasteiger partial charge in [-0.25, -0.2) is 4.83 Å². The van der Waals surface area contributed by atoms with Crippen molar-refractivity contribution in [2.24, 2.45) is 0 Å². The molecule has 1 aromatic heterocycles. The van der Waals surface area contributed by atoms with Crippen LogP contribution >= 0.6 is 0 Å². The third-order valence-corrected chi connectivity index (χ3v) is 3.95. The van der Waals surface area contributed by atoms with Crippen molar-refractivity contribution < 1.29 is 18.3 Å². The topological polar surface area (TPSA) is 91.6 Å². The Morgan fingerprint density at radius 3 is 2.33 bits per heavy atom. The molecule has 0 amide bonds. The number of nitrogens with zero attached hydrogens (tertiary/aromatic N) is 2. The summed E-state index contributed by atoms with van der Waals surface area (Å²) >= 11 is 0. The van der Waals surface area contributed by atoms with Crippen LogP contribution in [0.5, 0.6) is 0 Å². The fourth-order valence-electron chi connectivity index (χ4n) is 1.37. The Hall–Kier alpha value is -1.54. The molecule has 0 aliphatic rings. The van der Waals surface area contributed by atoms with Gasteiger partial charge < -0.3 is 5.11 Å². The molecule has 0 spiro atoms. The molecule has 0 aliphatic heterocycles. The molecule has 8 heteroatoms. The van der Waals surface area contributed by atoms with E-state index in [9.17, 15) is 13.2 Å². The van der Waals surface area contributed by atoms with Gasteiger partial charge in [-0.3, -0.25) is 9.47 Å². The molecular weight excluding hydrogens is 258 g/mol. The second-order valence-corrected chi connectivity index (χ2v) is 5.77. The number of aliphatic carboxylic acids is 1. The molecule has 102 valence electrons. The second-order valence-electron chi connectivity index (χ2n) is 4.01. The normalized spacial score (nSPS) is 11.8. The highest BCUT2D eigenvalue weighted by molar-refractivity contribution is 7.90. The summed E-state index contributed by atoms with van der Waals surface area (Å²) in [6.45, 7) is 3.46. The Kier molecular flexibility index (Phi) is 4.36. The molecule has 0 bridgehead atoms. The van der Waals surface area contributed by atoms with Crippen molar-refractivity contribution in [2.45, 2.75) is 20.3 Å². The van der Waals surface area contributed by atoms with Crippen LogP contribution in [0.15, 0.2) is 12.1 Å². The molecule has 0 aromatic carbocycles. The zero-order valence-corrected chi connectivity index (χ0v) is 11.4. The number of hydrogen-bond donors (Lipinski definition) is 2. The van der Waals surface area contributed by atoms with Crippen LogP contribution in [0, 0.1) is 13.8 Å². The van der Waals surface area contributed by atoms with E-state index in [1.54, 1.807) is 26.0 Å². The van der Waals surface area contributed by atoms with E-state index < -0.39 is 16.2 Å². The Morgan fingerprint density at radius 1 is 1.39 bits per heavy atom. The molecule has 0 saturated heterocycles. The molecule has 7 nitrogen and oxygen atoms in total. The van der Waals surface area contributed by atoms with Gasteiger partial charge in [-0.05, 0) is 26.0 Å². The average molecular weight is 275 g/mol. The number of hydrogen-bond acceptors (Lipinski definition) is 3. The predicted molar refractivity (Wildman–Crippen MR) is 67.1 cm³/mol. The average Bonchev–Trinajstić information content (AvgIpc) is 2.57. The van der Waals surface area contributed by atoms with E-state index in [4.69, 9.17) is 5.11 Å². The smallest absolute Gasteiger partial charge is 0.315 e. The van der Waals surface area contributed by atoms with Crippen LogP contribution in [0.1, 0.15) is 17.8 Å². The maximum Gasteiger partial charge on any atom is 0.315 e. The zero-order chi connectivity index (χ0) is 13.9. The van der Waals surface area contributed by atoms with Crippen molar-refractivity contribution in [2.75, 3.05) is 18.4 Å². The summed E-state index contributed by atoms with van der Waals surface area (Å²) in [5.41, 5.74) is 1.51. The van der Waals surface area contributed by atoms with E-state index in [1.165, 1.54) is 11.7 Å². The molecular formula is C10H17N3O4S. The summed E-state index contributed by atoms with van der Waals surface area (Å²) in [7, 11) is -2.41. The van der Waals surface area contributed by atoms with E-state index in [2.05, 4.69) is 4.83 Å². The van der Waals surface area contributed by atoms with Crippen LogP contribution in [0.4, 0.5) is 0 Å². The largest absolute Gasteiger partial charge is 0.481 e. The fraction of sp³-hybridized carbons (Fsp3) is 0.500. The van der Waals surface area contributed by atoms with Crippen molar-refractivity contribution in [3.05, 3.63) is 23.5 Å². The van der Waals surface area contributed by atoms with E-state index in [1.807, 2.05) is 0 Å². The van der Waals surface area contributed by atoms with Gasteiger partial charge in [0.1, 0.15) is 0 Å². The van der Waals surface area contributed by atoms with Crippen molar-refractivity contribution >= 4 is 16.2 Å². The summed E-state index contributed by atoms with van der Waals surface area (Å²) in [6, 6.07) is 3.57. The number of carbonyl (C=O) groups is 1. The van der Waals surface area contributed by atoms with Gasteiger partial charge in [-0.15, -0.1) is 0 Å². The van der Waals surface area contributed by atoms with Crippen LogP contribution in [0.2, 0.25) is 0 Å². The summed E-state index contributed by atoms with van der Waals surface area (Å²) in [4.78, 5) is 12.8. The highest BCUT2D eigenvalue weighted by Gasteiger charge is 2.19. The third-order valence-electron chi connectivity index (χ3n) is 2.53. The van der Waals surface area contributed by atoms with Crippen molar-refractivity contribution in [1.82, 2.24) is 8.98 Å². The Morgan fingerprint density at radius 2 is 1.89 bits per heavy atom. The van der Waals surface area contributed by atoms with Gasteiger partial charge in [-0.2, -0.15) is 12.7 Å². The summed E-state index contributed by atoms with van der Waals surface area (Å²) < 4.78 is 26.2. The third kappa shape index (κ3) is 3.47. The summed E-state index contributed by atoms with van der Waals surface area (Å²) in [5.74, 6) is -1.04. The van der Waals surface area contributed by atoms with Gasteiger partial charge in [0, 0.05) is 25.0 Å². The van der Waals surface area contributed by atoms with Crippen molar-refractivity contribution in [3.8, 4) is 0 Å².